The topological polar surface area (TPSA) is 49.4 Å². The summed E-state index contributed by atoms with van der Waals surface area (Å²) in [5.41, 5.74) is 0. The molecular formula is C6H14N2O2. The third-order valence-electron chi connectivity index (χ3n) is 0.563. The standard InChI is InChI=1S/2C3H7NO/c1-4(2)3-5;1-3(5)4-2/h3H,1-2H3;1-2H3,(H,4,5). The molecule has 4 nitrogen and oxygen atoms in total. The zero-order valence-corrected chi connectivity index (χ0v) is 6.84. The van der Waals surface area contributed by atoms with Crippen LogP contribution in [0, 0.1) is 0 Å². The predicted octanol–water partition coefficient (Wildman–Crippen LogP) is -0.543. The van der Waals surface area contributed by atoms with E-state index >= 15 is 0 Å². The molecule has 4 heteroatoms. The van der Waals surface area contributed by atoms with Crippen molar-refractivity contribution in [1.29, 1.82) is 0 Å². The third kappa shape index (κ3) is 28.3. The maximum Gasteiger partial charge on any atom is 0.216 e. The van der Waals surface area contributed by atoms with Crippen molar-refractivity contribution in [2.75, 3.05) is 21.1 Å². The van der Waals surface area contributed by atoms with E-state index in [-0.39, 0.29) is 5.91 Å². The zero-order chi connectivity index (χ0) is 8.57. The Morgan fingerprint density at radius 2 is 1.70 bits per heavy atom. The Labute approximate surface area is 61.2 Å². The Kier molecular flexibility index (Phi) is 9.29. The minimum absolute atomic E-state index is 0.00463. The summed E-state index contributed by atoms with van der Waals surface area (Å²) in [6, 6.07) is 0. The van der Waals surface area contributed by atoms with Gasteiger partial charge in [0.2, 0.25) is 12.3 Å². The first kappa shape index (κ1) is 11.7. The number of nitrogens with one attached hydrogen (secondary N) is 1. The molecule has 0 radical (unpaired) electrons. The van der Waals surface area contributed by atoms with Crippen molar-refractivity contribution in [3.8, 4) is 0 Å². The first-order chi connectivity index (χ1) is 4.54. The Morgan fingerprint density at radius 1 is 1.50 bits per heavy atom. The normalized spacial score (nSPS) is 6.80. The quantitative estimate of drug-likeness (QED) is 0.505. The van der Waals surface area contributed by atoms with Gasteiger partial charge in [-0.3, -0.25) is 9.59 Å². The van der Waals surface area contributed by atoms with Crippen molar-refractivity contribution in [1.82, 2.24) is 10.2 Å². The molecular weight excluding hydrogens is 132 g/mol. The molecule has 60 valence electrons. The van der Waals surface area contributed by atoms with E-state index in [4.69, 9.17) is 0 Å². The van der Waals surface area contributed by atoms with E-state index in [2.05, 4.69) is 5.32 Å². The van der Waals surface area contributed by atoms with Gasteiger partial charge in [0.15, 0.2) is 0 Å². The minimum atomic E-state index is 0.00463. The molecule has 0 saturated heterocycles. The van der Waals surface area contributed by atoms with Gasteiger partial charge >= 0.3 is 0 Å². The van der Waals surface area contributed by atoms with E-state index in [9.17, 15) is 9.59 Å². The van der Waals surface area contributed by atoms with Crippen LogP contribution in [0.4, 0.5) is 0 Å². The molecule has 0 aliphatic rings. The average Bonchev–Trinajstić information content (AvgIpc) is 1.89. The molecule has 0 unspecified atom stereocenters. The maximum atomic E-state index is 9.70. The van der Waals surface area contributed by atoms with Crippen LogP contribution in [-0.4, -0.2) is 38.4 Å². The number of hydrogen-bond acceptors (Lipinski definition) is 2. The molecule has 0 aliphatic carbocycles. The highest BCUT2D eigenvalue weighted by Crippen LogP contribution is 1.52. The van der Waals surface area contributed by atoms with Gasteiger partial charge in [0.25, 0.3) is 0 Å². The molecule has 0 atom stereocenters. The predicted molar refractivity (Wildman–Crippen MR) is 39.5 cm³/mol. The lowest BCUT2D eigenvalue weighted by molar-refractivity contribution is -0.118. The Balaban J connectivity index is 0. The first-order valence-electron chi connectivity index (χ1n) is 2.84. The van der Waals surface area contributed by atoms with Crippen LogP contribution in [0.1, 0.15) is 6.92 Å². The number of carbonyl (C=O) groups is 2. The van der Waals surface area contributed by atoms with Gasteiger partial charge in [-0.25, -0.2) is 0 Å². The van der Waals surface area contributed by atoms with E-state index in [1.54, 1.807) is 21.1 Å². The lowest BCUT2D eigenvalue weighted by atomic mass is 10.7. The van der Waals surface area contributed by atoms with Crippen LogP contribution in [0.2, 0.25) is 0 Å². The Hall–Kier alpha value is -1.06. The summed E-state index contributed by atoms with van der Waals surface area (Å²) in [7, 11) is 4.97. The summed E-state index contributed by atoms with van der Waals surface area (Å²) in [5.74, 6) is 0.00463. The van der Waals surface area contributed by atoms with E-state index in [0.29, 0.717) is 0 Å². The van der Waals surface area contributed by atoms with Gasteiger partial charge in [0, 0.05) is 28.1 Å². The highest BCUT2D eigenvalue weighted by Gasteiger charge is 1.72. The third-order valence-corrected chi connectivity index (χ3v) is 0.563. The largest absolute Gasteiger partial charge is 0.359 e. The van der Waals surface area contributed by atoms with Crippen LogP contribution >= 0.6 is 0 Å². The van der Waals surface area contributed by atoms with Crippen molar-refractivity contribution in [3.63, 3.8) is 0 Å². The molecule has 0 fully saturated rings. The fourth-order valence-electron chi connectivity index (χ4n) is 0. The van der Waals surface area contributed by atoms with E-state index < -0.39 is 0 Å². The van der Waals surface area contributed by atoms with Crippen molar-refractivity contribution >= 4 is 12.3 Å². The van der Waals surface area contributed by atoms with Gasteiger partial charge < -0.3 is 10.2 Å². The molecule has 0 aliphatic heterocycles. The van der Waals surface area contributed by atoms with E-state index in [0.717, 1.165) is 6.41 Å². The highest BCUT2D eigenvalue weighted by molar-refractivity contribution is 5.72. The molecule has 0 heterocycles. The van der Waals surface area contributed by atoms with Crippen molar-refractivity contribution < 1.29 is 9.59 Å². The van der Waals surface area contributed by atoms with E-state index in [1.807, 2.05) is 0 Å². The van der Waals surface area contributed by atoms with Gasteiger partial charge in [0.05, 0.1) is 0 Å². The Morgan fingerprint density at radius 3 is 1.70 bits per heavy atom. The highest BCUT2D eigenvalue weighted by atomic mass is 16.1. The summed E-state index contributed by atoms with van der Waals surface area (Å²) in [4.78, 5) is 20.6. The van der Waals surface area contributed by atoms with E-state index in [1.165, 1.54) is 11.8 Å². The van der Waals surface area contributed by atoms with Gasteiger partial charge in [0.1, 0.15) is 0 Å². The van der Waals surface area contributed by atoms with Gasteiger partial charge in [-0.2, -0.15) is 0 Å². The minimum Gasteiger partial charge on any atom is -0.359 e. The van der Waals surface area contributed by atoms with Crippen LogP contribution in [0.3, 0.4) is 0 Å². The summed E-state index contributed by atoms with van der Waals surface area (Å²) >= 11 is 0. The molecule has 0 bridgehead atoms. The fourth-order valence-corrected chi connectivity index (χ4v) is 0. The monoisotopic (exact) mass is 146 g/mol. The molecule has 0 aromatic carbocycles. The Bertz CT molecular complexity index is 102. The van der Waals surface area contributed by atoms with Gasteiger partial charge in [-0.05, 0) is 0 Å². The average molecular weight is 146 g/mol. The van der Waals surface area contributed by atoms with Crippen molar-refractivity contribution in [3.05, 3.63) is 0 Å². The number of amides is 2. The van der Waals surface area contributed by atoms with Crippen LogP contribution < -0.4 is 5.32 Å². The summed E-state index contributed by atoms with van der Waals surface area (Å²) < 4.78 is 0. The lowest BCUT2D eigenvalue weighted by Gasteiger charge is -1.93. The smallest absolute Gasteiger partial charge is 0.216 e. The van der Waals surface area contributed by atoms with Crippen LogP contribution in [-0.2, 0) is 9.59 Å². The maximum absolute atomic E-state index is 9.70. The lowest BCUT2D eigenvalue weighted by Crippen LogP contribution is -2.11. The molecule has 0 rings (SSSR count). The second-order valence-corrected chi connectivity index (χ2v) is 1.88. The second kappa shape index (κ2) is 7.94. The summed E-state index contributed by atoms with van der Waals surface area (Å²) in [5, 5.41) is 2.39. The number of carbonyl (C=O) groups excluding carboxylic acids is 2. The molecule has 0 aromatic heterocycles. The summed E-state index contributed by atoms with van der Waals surface area (Å²) in [6.45, 7) is 1.47. The fraction of sp³-hybridized carbons (Fsp3) is 0.667. The second-order valence-electron chi connectivity index (χ2n) is 1.88. The van der Waals surface area contributed by atoms with Crippen LogP contribution in [0.15, 0.2) is 0 Å². The molecule has 1 N–H and O–H groups in total. The van der Waals surface area contributed by atoms with Gasteiger partial charge in [-0.15, -0.1) is 0 Å². The number of hydrogen-bond donors (Lipinski definition) is 1. The van der Waals surface area contributed by atoms with Crippen molar-refractivity contribution in [2.45, 2.75) is 6.92 Å². The van der Waals surface area contributed by atoms with Crippen LogP contribution in [0.5, 0.6) is 0 Å². The molecule has 0 saturated carbocycles. The first-order valence-corrected chi connectivity index (χ1v) is 2.84. The number of nitrogens with zero attached hydrogens (tertiary/aromatic N) is 1. The summed E-state index contributed by atoms with van der Waals surface area (Å²) in [6.07, 6.45) is 0.750. The van der Waals surface area contributed by atoms with Gasteiger partial charge in [-0.1, -0.05) is 0 Å². The molecule has 2 amide bonds. The van der Waals surface area contributed by atoms with Crippen molar-refractivity contribution in [2.24, 2.45) is 0 Å². The SMILES string of the molecule is CN(C)C=O.CNC(C)=O. The number of rotatable bonds is 1. The van der Waals surface area contributed by atoms with Crippen LogP contribution in [0.25, 0.3) is 0 Å². The molecule has 0 spiro atoms. The molecule has 0 aromatic rings. The zero-order valence-electron chi connectivity index (χ0n) is 6.84. The molecule has 10 heavy (non-hydrogen) atoms.